The minimum Gasteiger partial charge on any atom is -0.355 e. The average Bonchev–Trinajstić information content (AvgIpc) is 2.55. The fourth-order valence-corrected chi connectivity index (χ4v) is 3.84. The largest absolute Gasteiger partial charge is 0.355 e. The highest BCUT2D eigenvalue weighted by atomic mass is 35.5. The predicted octanol–water partition coefficient (Wildman–Crippen LogP) is 5.02. The van der Waals surface area contributed by atoms with E-state index in [0.717, 1.165) is 11.4 Å². The van der Waals surface area contributed by atoms with Crippen LogP contribution in [0.1, 0.15) is 27.8 Å². The Labute approximate surface area is 154 Å². The lowest BCUT2D eigenvalue weighted by molar-refractivity contribution is -0.118. The molecule has 0 atom stereocenters. The monoisotopic (exact) mass is 361 g/mol. The van der Waals surface area contributed by atoms with E-state index in [1.165, 1.54) is 32.7 Å². The third-order valence-electron chi connectivity index (χ3n) is 4.29. The highest BCUT2D eigenvalue weighted by Crippen LogP contribution is 2.30. The van der Waals surface area contributed by atoms with Crippen LogP contribution in [0.4, 0.5) is 0 Å². The number of halogens is 1. The summed E-state index contributed by atoms with van der Waals surface area (Å²) in [6.45, 7) is 9.15. The number of carbonyl (C=O) groups excluding carboxylic acids is 1. The molecule has 0 aromatic heterocycles. The molecular formula is C20H24ClNOS. The van der Waals surface area contributed by atoms with E-state index >= 15 is 0 Å². The first-order valence-corrected chi connectivity index (χ1v) is 9.46. The van der Waals surface area contributed by atoms with E-state index < -0.39 is 0 Å². The Kier molecular flexibility index (Phi) is 6.76. The van der Waals surface area contributed by atoms with Crippen LogP contribution in [0.25, 0.3) is 0 Å². The van der Waals surface area contributed by atoms with Crippen LogP contribution < -0.4 is 5.32 Å². The summed E-state index contributed by atoms with van der Waals surface area (Å²) in [6.07, 6.45) is 0.815. The van der Waals surface area contributed by atoms with Crippen LogP contribution >= 0.6 is 23.4 Å². The van der Waals surface area contributed by atoms with Gasteiger partial charge in [-0.25, -0.2) is 0 Å². The number of benzene rings is 2. The summed E-state index contributed by atoms with van der Waals surface area (Å²) in [5.74, 6) is 0.525. The molecule has 2 nitrogen and oxygen atoms in total. The van der Waals surface area contributed by atoms with Gasteiger partial charge in [-0.1, -0.05) is 29.8 Å². The molecule has 1 amide bonds. The molecule has 0 aliphatic heterocycles. The molecule has 0 heterocycles. The second-order valence-corrected chi connectivity index (χ2v) is 7.53. The van der Waals surface area contributed by atoms with Gasteiger partial charge in [0.05, 0.1) is 5.75 Å². The summed E-state index contributed by atoms with van der Waals surface area (Å²) in [5.41, 5.74) is 6.29. The van der Waals surface area contributed by atoms with E-state index in [9.17, 15) is 4.79 Å². The first kappa shape index (κ1) is 18.9. The quantitative estimate of drug-likeness (QED) is 0.731. The molecule has 0 unspecified atom stereocenters. The van der Waals surface area contributed by atoms with Crippen LogP contribution in [0.15, 0.2) is 35.2 Å². The van der Waals surface area contributed by atoms with Gasteiger partial charge in [-0.3, -0.25) is 4.79 Å². The van der Waals surface area contributed by atoms with Crippen LogP contribution in [0.2, 0.25) is 5.02 Å². The van der Waals surface area contributed by atoms with Crippen LogP contribution in [-0.4, -0.2) is 18.2 Å². The molecule has 0 aliphatic carbocycles. The number of hydrogen-bond acceptors (Lipinski definition) is 2. The molecule has 0 fully saturated rings. The van der Waals surface area contributed by atoms with Gasteiger partial charge < -0.3 is 5.32 Å². The average molecular weight is 362 g/mol. The molecule has 0 aliphatic rings. The summed E-state index contributed by atoms with van der Waals surface area (Å²) in [6, 6.07) is 9.94. The van der Waals surface area contributed by atoms with Crippen molar-refractivity contribution in [2.24, 2.45) is 0 Å². The first-order chi connectivity index (χ1) is 11.4. The standard InChI is InChI=1S/C20H24ClNOS/c1-13-11-14(2)16(4)20(15(13)3)24-12-19(23)22-10-9-17-5-7-18(21)8-6-17/h5-8,11H,9-10,12H2,1-4H3,(H,22,23). The van der Waals surface area contributed by atoms with Crippen LogP contribution in [0.3, 0.4) is 0 Å². The molecule has 2 aromatic carbocycles. The number of aryl methyl sites for hydroxylation is 2. The topological polar surface area (TPSA) is 29.1 Å². The van der Waals surface area contributed by atoms with E-state index in [2.05, 4.69) is 39.1 Å². The zero-order chi connectivity index (χ0) is 17.7. The summed E-state index contributed by atoms with van der Waals surface area (Å²) in [4.78, 5) is 13.3. The highest BCUT2D eigenvalue weighted by molar-refractivity contribution is 8.00. The molecule has 2 aromatic rings. The van der Waals surface area contributed by atoms with Crippen molar-refractivity contribution >= 4 is 29.3 Å². The Morgan fingerprint density at radius 1 is 1.04 bits per heavy atom. The van der Waals surface area contributed by atoms with Gasteiger partial charge >= 0.3 is 0 Å². The summed E-state index contributed by atoms with van der Waals surface area (Å²) in [7, 11) is 0. The Balaban J connectivity index is 1.84. The summed E-state index contributed by atoms with van der Waals surface area (Å²) in [5, 5.41) is 3.73. The van der Waals surface area contributed by atoms with Crippen molar-refractivity contribution in [3.63, 3.8) is 0 Å². The van der Waals surface area contributed by atoms with Crippen LogP contribution in [-0.2, 0) is 11.2 Å². The number of hydrogen-bond donors (Lipinski definition) is 1. The minimum absolute atomic E-state index is 0.0759. The van der Waals surface area contributed by atoms with Crippen molar-refractivity contribution in [2.45, 2.75) is 39.0 Å². The van der Waals surface area contributed by atoms with Gasteiger partial charge in [0.15, 0.2) is 0 Å². The fourth-order valence-electron chi connectivity index (χ4n) is 2.58. The molecule has 0 bridgehead atoms. The van der Waals surface area contributed by atoms with Crippen molar-refractivity contribution in [3.8, 4) is 0 Å². The molecule has 4 heteroatoms. The van der Waals surface area contributed by atoms with Crippen molar-refractivity contribution in [1.82, 2.24) is 5.32 Å². The van der Waals surface area contributed by atoms with Crippen molar-refractivity contribution < 1.29 is 4.79 Å². The molecule has 1 N–H and O–H groups in total. The Bertz CT molecular complexity index is 699. The zero-order valence-electron chi connectivity index (χ0n) is 14.7. The Hall–Kier alpha value is -1.45. The normalized spacial score (nSPS) is 10.7. The maximum atomic E-state index is 12.1. The first-order valence-electron chi connectivity index (χ1n) is 8.10. The smallest absolute Gasteiger partial charge is 0.230 e. The second-order valence-electron chi connectivity index (χ2n) is 6.10. The van der Waals surface area contributed by atoms with Gasteiger partial charge in [-0.2, -0.15) is 0 Å². The van der Waals surface area contributed by atoms with Crippen LogP contribution in [0.5, 0.6) is 0 Å². The van der Waals surface area contributed by atoms with Gasteiger partial charge in [0.25, 0.3) is 0 Å². The van der Waals surface area contributed by atoms with Gasteiger partial charge in [0.1, 0.15) is 0 Å². The van der Waals surface area contributed by atoms with Gasteiger partial charge in [-0.15, -0.1) is 11.8 Å². The fraction of sp³-hybridized carbons (Fsp3) is 0.350. The van der Waals surface area contributed by atoms with E-state index in [4.69, 9.17) is 11.6 Å². The van der Waals surface area contributed by atoms with E-state index in [1.807, 2.05) is 24.3 Å². The lowest BCUT2D eigenvalue weighted by atomic mass is 10.0. The van der Waals surface area contributed by atoms with E-state index in [1.54, 1.807) is 11.8 Å². The van der Waals surface area contributed by atoms with Crippen molar-refractivity contribution in [3.05, 3.63) is 63.2 Å². The molecular weight excluding hydrogens is 338 g/mol. The van der Waals surface area contributed by atoms with E-state index in [0.29, 0.717) is 12.3 Å². The maximum Gasteiger partial charge on any atom is 0.230 e. The molecule has 0 saturated heterocycles. The molecule has 0 spiro atoms. The van der Waals surface area contributed by atoms with Gasteiger partial charge in [-0.05, 0) is 74.1 Å². The third kappa shape index (κ3) is 5.02. The van der Waals surface area contributed by atoms with Crippen molar-refractivity contribution in [2.75, 3.05) is 12.3 Å². The lowest BCUT2D eigenvalue weighted by Crippen LogP contribution is -2.27. The zero-order valence-corrected chi connectivity index (χ0v) is 16.3. The number of rotatable bonds is 6. The molecule has 128 valence electrons. The van der Waals surface area contributed by atoms with Crippen LogP contribution in [0, 0.1) is 27.7 Å². The molecule has 24 heavy (non-hydrogen) atoms. The number of carbonyl (C=O) groups is 1. The number of nitrogens with one attached hydrogen (secondary N) is 1. The second kappa shape index (κ2) is 8.59. The highest BCUT2D eigenvalue weighted by Gasteiger charge is 2.11. The van der Waals surface area contributed by atoms with E-state index in [-0.39, 0.29) is 5.91 Å². The third-order valence-corrected chi connectivity index (χ3v) is 5.85. The molecule has 0 saturated carbocycles. The molecule has 0 radical (unpaired) electrons. The summed E-state index contributed by atoms with van der Waals surface area (Å²) < 4.78 is 0. The minimum atomic E-state index is 0.0759. The number of thioether (sulfide) groups is 1. The number of amides is 1. The SMILES string of the molecule is Cc1cc(C)c(C)c(SCC(=O)NCCc2ccc(Cl)cc2)c1C. The maximum absolute atomic E-state index is 12.1. The van der Waals surface area contributed by atoms with Gasteiger partial charge in [0.2, 0.25) is 5.91 Å². The lowest BCUT2D eigenvalue weighted by Gasteiger charge is -2.14. The van der Waals surface area contributed by atoms with Crippen molar-refractivity contribution in [1.29, 1.82) is 0 Å². The Morgan fingerprint density at radius 2 is 1.62 bits per heavy atom. The summed E-state index contributed by atoms with van der Waals surface area (Å²) >= 11 is 7.50. The predicted molar refractivity (Wildman–Crippen MR) is 104 cm³/mol. The van der Waals surface area contributed by atoms with Gasteiger partial charge in [0, 0.05) is 16.5 Å². The molecule has 2 rings (SSSR count). The Morgan fingerprint density at radius 3 is 2.21 bits per heavy atom.